The minimum absolute atomic E-state index is 0.00605. The number of hydrogen-bond donors (Lipinski definition) is 1. The molecule has 2 amide bonds. The van der Waals surface area contributed by atoms with Gasteiger partial charge in [-0.2, -0.15) is 0 Å². The second-order valence-corrected chi connectivity index (χ2v) is 9.57. The third kappa shape index (κ3) is 5.00. The monoisotopic (exact) mass is 438 g/mol. The largest absolute Gasteiger partial charge is 0.346 e. The van der Waals surface area contributed by atoms with Gasteiger partial charge in [0.2, 0.25) is 11.8 Å². The van der Waals surface area contributed by atoms with Gasteiger partial charge in [-0.25, -0.2) is 4.98 Å². The Bertz CT molecular complexity index is 907. The van der Waals surface area contributed by atoms with Crippen LogP contribution in [0.4, 0.5) is 0 Å². The molecule has 1 aromatic carbocycles. The summed E-state index contributed by atoms with van der Waals surface area (Å²) in [5.41, 5.74) is 1.83. The van der Waals surface area contributed by atoms with Crippen molar-refractivity contribution in [1.82, 2.24) is 19.8 Å². The van der Waals surface area contributed by atoms with Gasteiger partial charge < -0.3 is 14.8 Å². The highest BCUT2D eigenvalue weighted by molar-refractivity contribution is 5.82. The highest BCUT2D eigenvalue weighted by Gasteiger charge is 2.33. The molecule has 2 saturated carbocycles. The van der Waals surface area contributed by atoms with Crippen molar-refractivity contribution < 1.29 is 9.59 Å². The van der Waals surface area contributed by atoms with Crippen LogP contribution in [0.3, 0.4) is 0 Å². The number of nitrogens with zero attached hydrogens (tertiary/aromatic N) is 3. The van der Waals surface area contributed by atoms with Crippen LogP contribution in [-0.4, -0.2) is 38.3 Å². The maximum absolute atomic E-state index is 13.9. The minimum atomic E-state index is -0.250. The molecule has 1 N–H and O–H groups in total. The first-order valence-electron chi connectivity index (χ1n) is 12.6. The molecule has 1 aromatic heterocycles. The number of carbonyl (C=O) groups excluding carboxylic acids is 2. The Labute approximate surface area is 191 Å². The number of hydrogen-bond acceptors (Lipinski definition) is 3. The summed E-state index contributed by atoms with van der Waals surface area (Å²) < 4.78 is 2.04. The molecule has 4 rings (SSSR count). The zero-order valence-corrected chi connectivity index (χ0v) is 19.7. The molecule has 2 aromatic rings. The molecule has 6 heteroatoms. The van der Waals surface area contributed by atoms with E-state index in [2.05, 4.69) is 10.2 Å². The number of carbonyl (C=O) groups is 2. The van der Waals surface area contributed by atoms with E-state index in [9.17, 15) is 9.59 Å². The van der Waals surface area contributed by atoms with Crippen molar-refractivity contribution in [2.24, 2.45) is 0 Å². The molecular weight excluding hydrogens is 400 g/mol. The SMILES string of the molecule is CCC(=O)NC(C)c1nc2ccccc2n1CC(=O)N(C1CCCCC1)C1CCCCC1. The summed E-state index contributed by atoms with van der Waals surface area (Å²) in [6.07, 6.45) is 12.4. The first kappa shape index (κ1) is 22.8. The fourth-order valence-electron chi connectivity index (χ4n) is 5.64. The molecule has 2 fully saturated rings. The van der Waals surface area contributed by atoms with E-state index in [1.54, 1.807) is 0 Å². The van der Waals surface area contributed by atoms with Crippen LogP contribution in [0.25, 0.3) is 11.0 Å². The van der Waals surface area contributed by atoms with Gasteiger partial charge in [0, 0.05) is 18.5 Å². The van der Waals surface area contributed by atoms with Gasteiger partial charge in [0.15, 0.2) is 0 Å². The molecule has 0 radical (unpaired) electrons. The Hall–Kier alpha value is -2.37. The van der Waals surface area contributed by atoms with Crippen molar-refractivity contribution in [3.63, 3.8) is 0 Å². The number of rotatable bonds is 7. The van der Waals surface area contributed by atoms with Gasteiger partial charge in [-0.05, 0) is 44.7 Å². The number of amides is 2. The Morgan fingerprint density at radius 1 is 1.03 bits per heavy atom. The summed E-state index contributed by atoms with van der Waals surface area (Å²) in [5.74, 6) is 0.962. The van der Waals surface area contributed by atoms with E-state index >= 15 is 0 Å². The summed E-state index contributed by atoms with van der Waals surface area (Å²) in [6.45, 7) is 4.09. The molecule has 0 bridgehead atoms. The van der Waals surface area contributed by atoms with E-state index in [0.29, 0.717) is 18.5 Å². The molecule has 2 aliphatic carbocycles. The van der Waals surface area contributed by atoms with Crippen LogP contribution < -0.4 is 5.32 Å². The van der Waals surface area contributed by atoms with Crippen molar-refractivity contribution in [1.29, 1.82) is 0 Å². The lowest BCUT2D eigenvalue weighted by atomic mass is 9.88. The van der Waals surface area contributed by atoms with Crippen molar-refractivity contribution in [3.05, 3.63) is 30.1 Å². The molecule has 0 saturated heterocycles. The Morgan fingerprint density at radius 3 is 2.22 bits per heavy atom. The summed E-state index contributed by atoms with van der Waals surface area (Å²) in [6, 6.07) is 8.46. The van der Waals surface area contributed by atoms with Crippen molar-refractivity contribution in [3.8, 4) is 0 Å². The van der Waals surface area contributed by atoms with Crippen LogP contribution in [-0.2, 0) is 16.1 Å². The summed E-state index contributed by atoms with van der Waals surface area (Å²) >= 11 is 0. The molecule has 1 heterocycles. The normalized spacial score (nSPS) is 19.1. The molecule has 1 unspecified atom stereocenters. The Balaban J connectivity index is 1.64. The smallest absolute Gasteiger partial charge is 0.243 e. The topological polar surface area (TPSA) is 67.2 Å². The number of aromatic nitrogens is 2. The fourth-order valence-corrected chi connectivity index (χ4v) is 5.64. The number of imidazole rings is 1. The third-order valence-corrected chi connectivity index (χ3v) is 7.29. The number of fused-ring (bicyclic) bond motifs is 1. The summed E-state index contributed by atoms with van der Waals surface area (Å²) in [5, 5.41) is 3.03. The summed E-state index contributed by atoms with van der Waals surface area (Å²) in [7, 11) is 0. The average molecular weight is 439 g/mol. The van der Waals surface area contributed by atoms with Crippen molar-refractivity contribution >= 4 is 22.8 Å². The van der Waals surface area contributed by atoms with E-state index in [4.69, 9.17) is 4.98 Å². The van der Waals surface area contributed by atoms with Crippen molar-refractivity contribution in [2.45, 2.75) is 109 Å². The first-order chi connectivity index (χ1) is 15.6. The van der Waals surface area contributed by atoms with Crippen LogP contribution in [0.15, 0.2) is 24.3 Å². The maximum Gasteiger partial charge on any atom is 0.243 e. The lowest BCUT2D eigenvalue weighted by molar-refractivity contribution is -0.138. The summed E-state index contributed by atoms with van der Waals surface area (Å²) in [4.78, 5) is 33.0. The lowest BCUT2D eigenvalue weighted by Crippen LogP contribution is -2.50. The van der Waals surface area contributed by atoms with E-state index < -0.39 is 0 Å². The predicted octanol–water partition coefficient (Wildman–Crippen LogP) is 5.12. The van der Waals surface area contributed by atoms with Gasteiger partial charge in [0.1, 0.15) is 12.4 Å². The maximum atomic E-state index is 13.9. The number of nitrogens with one attached hydrogen (secondary N) is 1. The molecular formula is C26H38N4O2. The molecule has 0 aliphatic heterocycles. The zero-order valence-electron chi connectivity index (χ0n) is 19.7. The van der Waals surface area contributed by atoms with Gasteiger partial charge in [-0.15, -0.1) is 0 Å². The first-order valence-corrected chi connectivity index (χ1v) is 12.6. The van der Waals surface area contributed by atoms with E-state index in [-0.39, 0.29) is 24.4 Å². The quantitative estimate of drug-likeness (QED) is 0.653. The standard InChI is InChI=1S/C26H38N4O2/c1-3-24(31)27-19(2)26-28-22-16-10-11-17-23(22)29(26)18-25(32)30(20-12-6-4-7-13-20)21-14-8-5-9-15-21/h10-11,16-17,19-21H,3-9,12-15,18H2,1-2H3,(H,27,31). The molecule has 6 nitrogen and oxygen atoms in total. The molecule has 0 spiro atoms. The van der Waals surface area contributed by atoms with E-state index in [0.717, 1.165) is 42.5 Å². The molecule has 1 atom stereocenters. The van der Waals surface area contributed by atoms with Crippen molar-refractivity contribution in [2.75, 3.05) is 0 Å². The van der Waals surface area contributed by atoms with E-state index in [1.165, 1.54) is 38.5 Å². The fraction of sp³-hybridized carbons (Fsp3) is 0.654. The molecule has 32 heavy (non-hydrogen) atoms. The minimum Gasteiger partial charge on any atom is -0.346 e. The number of para-hydroxylation sites is 2. The second kappa shape index (κ2) is 10.5. The molecule has 174 valence electrons. The van der Waals surface area contributed by atoms with Gasteiger partial charge >= 0.3 is 0 Å². The highest BCUT2D eigenvalue weighted by atomic mass is 16.2. The highest BCUT2D eigenvalue weighted by Crippen LogP contribution is 2.31. The van der Waals surface area contributed by atoms with Crippen LogP contribution in [0, 0.1) is 0 Å². The number of benzene rings is 1. The second-order valence-electron chi connectivity index (χ2n) is 9.57. The van der Waals surface area contributed by atoms with Crippen LogP contribution in [0.2, 0.25) is 0 Å². The van der Waals surface area contributed by atoms with Crippen LogP contribution in [0.5, 0.6) is 0 Å². The van der Waals surface area contributed by atoms with Gasteiger partial charge in [-0.1, -0.05) is 57.6 Å². The van der Waals surface area contributed by atoms with Gasteiger partial charge in [-0.3, -0.25) is 9.59 Å². The lowest BCUT2D eigenvalue weighted by Gasteiger charge is -2.42. The zero-order chi connectivity index (χ0) is 22.5. The van der Waals surface area contributed by atoms with Gasteiger partial charge in [0.25, 0.3) is 0 Å². The molecule has 2 aliphatic rings. The predicted molar refractivity (Wildman–Crippen MR) is 127 cm³/mol. The Morgan fingerprint density at radius 2 is 1.62 bits per heavy atom. The van der Waals surface area contributed by atoms with Gasteiger partial charge in [0.05, 0.1) is 17.1 Å². The average Bonchev–Trinajstić information content (AvgIpc) is 3.19. The third-order valence-electron chi connectivity index (χ3n) is 7.29. The Kier molecular flexibility index (Phi) is 7.48. The van der Waals surface area contributed by atoms with Crippen LogP contribution >= 0.6 is 0 Å². The van der Waals surface area contributed by atoms with E-state index in [1.807, 2.05) is 42.7 Å². The van der Waals surface area contributed by atoms with Crippen LogP contribution in [0.1, 0.15) is 96.3 Å².